The van der Waals surface area contributed by atoms with Crippen LogP contribution >= 0.6 is 0 Å². The number of likely N-dealkylation sites (tertiary alicyclic amines) is 1. The van der Waals surface area contributed by atoms with E-state index in [1.807, 2.05) is 141 Å². The maximum Gasteiger partial charge on any atom is 0.345 e. The number of aromatic carboxylic acids is 5. The van der Waals surface area contributed by atoms with Crippen molar-refractivity contribution in [3.8, 4) is 85.0 Å². The summed E-state index contributed by atoms with van der Waals surface area (Å²) < 4.78 is 11.1. The monoisotopic (exact) mass is 1980 g/mol. The van der Waals surface area contributed by atoms with Crippen LogP contribution < -0.4 is 43.7 Å². The lowest BCUT2D eigenvalue weighted by Gasteiger charge is -2.22. The predicted octanol–water partition coefficient (Wildman–Crippen LogP) is 12.8. The van der Waals surface area contributed by atoms with Crippen LogP contribution in [0.5, 0.6) is 28.7 Å². The number of nitrogens with zero attached hydrogens (tertiary/aromatic N) is 9. The SMILES string of the molecule is CCc1c(-c2ccc3c(c2)cc(C2CCNC2)n3C)[nH]c(=O)c(C(=O)O)c1O.CCc1c(-c2ccc3c(c2)cc(CN(C)CCN(C)C)n3C)[nH]c(=O)c(C(=O)O)c1O.CCc1c(-c2ccc3c(c2)cc(CNCCN(C)C)n3C)[nH]c(=O)c(C(=O)O)c1O.CCc1c(-c2ccc3c(c2)cc2n3CCC2N2CCCC2)[nH]c(=O)c(C(=O)O)c1O.CCc1c(-c2ccc3c(c2)cc2n3CCNC2)[nH]c(=O)c(C(=O)O)c1O. The Labute approximate surface area is 832 Å². The number of hydrogen-bond donors (Lipinski definition) is 18. The van der Waals surface area contributed by atoms with Gasteiger partial charge in [-0.25, -0.2) is 24.0 Å². The molecular weight excluding hydrogens is 1860 g/mol. The number of carboxylic acids is 5. The van der Waals surface area contributed by atoms with Crippen LogP contribution in [0.4, 0.5) is 0 Å². The highest BCUT2D eigenvalue weighted by atomic mass is 16.4. The van der Waals surface area contributed by atoms with Gasteiger partial charge in [0.1, 0.15) is 28.7 Å². The third-order valence-electron chi connectivity index (χ3n) is 28.3. The Morgan fingerprint density at radius 3 is 1.11 bits per heavy atom. The number of nitrogens with one attached hydrogen (secondary N) is 8. The number of fused-ring (bicyclic) bond motifs is 9. The summed E-state index contributed by atoms with van der Waals surface area (Å²) in [6.45, 7) is 22.3. The van der Waals surface area contributed by atoms with Crippen LogP contribution in [0.1, 0.15) is 180 Å². The molecule has 19 rings (SSSR count). The van der Waals surface area contributed by atoms with Crippen LogP contribution in [0.15, 0.2) is 145 Å². The molecule has 5 aromatic carbocycles. The second-order valence-corrected chi connectivity index (χ2v) is 37.8. The molecule has 145 heavy (non-hydrogen) atoms. The van der Waals surface area contributed by atoms with E-state index in [0.717, 1.165) is 187 Å². The number of likely N-dealkylation sites (N-methyl/N-ethyl adjacent to an activating group) is 3. The molecule has 2 saturated heterocycles. The maximum atomic E-state index is 12.3. The van der Waals surface area contributed by atoms with Crippen molar-refractivity contribution in [1.82, 2.24) is 83.3 Å². The number of carbonyl (C=O) groups is 5. The molecule has 2 atom stereocenters. The zero-order chi connectivity index (χ0) is 104. The van der Waals surface area contributed by atoms with Gasteiger partial charge in [-0.1, -0.05) is 65.0 Å². The maximum absolute atomic E-state index is 12.3. The average Bonchev–Trinajstić information content (AvgIpc) is 1.60. The number of aromatic hydroxyl groups is 5. The molecule has 2 fully saturated rings. The number of aryl methyl sites for hydroxylation is 4. The van der Waals surface area contributed by atoms with Crippen LogP contribution in [-0.4, -0.2) is 242 Å². The van der Waals surface area contributed by atoms with E-state index in [1.54, 1.807) is 6.92 Å². The van der Waals surface area contributed by atoms with E-state index in [-0.39, 0.29) is 0 Å². The molecule has 37 nitrogen and oxygen atoms in total. The summed E-state index contributed by atoms with van der Waals surface area (Å²) in [6.07, 6.45) is 6.74. The summed E-state index contributed by atoms with van der Waals surface area (Å²) in [7, 11) is 16.4. The molecule has 10 aromatic heterocycles. The average molecular weight is 1980 g/mol. The summed E-state index contributed by atoms with van der Waals surface area (Å²) in [5.74, 6) is -9.01. The number of H-pyrrole nitrogens is 5. The number of benzene rings is 5. The van der Waals surface area contributed by atoms with Gasteiger partial charge in [-0.2, -0.15) is 0 Å². The lowest BCUT2D eigenvalue weighted by molar-refractivity contribution is 0.0680. The van der Waals surface area contributed by atoms with Gasteiger partial charge >= 0.3 is 29.8 Å². The molecule has 4 aliphatic rings. The van der Waals surface area contributed by atoms with Gasteiger partial charge in [0.2, 0.25) is 0 Å². The van der Waals surface area contributed by atoms with Gasteiger partial charge in [-0.05, 0) is 231 Å². The summed E-state index contributed by atoms with van der Waals surface area (Å²) in [5, 5.41) is 113. The largest absolute Gasteiger partial charge is 0.506 e. The Hall–Kier alpha value is -15.4. The molecule has 0 bridgehead atoms. The first-order chi connectivity index (χ1) is 69.3. The molecule has 0 spiro atoms. The Morgan fingerprint density at radius 2 is 0.731 bits per heavy atom. The van der Waals surface area contributed by atoms with E-state index in [4.69, 9.17) is 0 Å². The molecule has 762 valence electrons. The van der Waals surface area contributed by atoms with Crippen molar-refractivity contribution < 1.29 is 75.0 Å². The fourth-order valence-electron chi connectivity index (χ4n) is 20.7. The van der Waals surface area contributed by atoms with Gasteiger partial charge in [0.25, 0.3) is 27.8 Å². The van der Waals surface area contributed by atoms with Crippen molar-refractivity contribution in [3.63, 3.8) is 0 Å². The summed E-state index contributed by atoms with van der Waals surface area (Å²) >= 11 is 0. The summed E-state index contributed by atoms with van der Waals surface area (Å²) in [6, 6.07) is 40.5. The van der Waals surface area contributed by atoms with Crippen LogP contribution in [0, 0.1) is 0 Å². The minimum absolute atomic E-state index is 0.381. The second-order valence-electron chi connectivity index (χ2n) is 37.8. The highest BCUT2D eigenvalue weighted by Gasteiger charge is 2.34. The molecule has 0 radical (unpaired) electrons. The Bertz CT molecular complexity index is 7890. The summed E-state index contributed by atoms with van der Waals surface area (Å²) in [4.78, 5) is 140. The van der Waals surface area contributed by atoms with Crippen molar-refractivity contribution in [2.24, 2.45) is 21.1 Å². The number of carboxylic acid groups (broad SMARTS) is 5. The fraction of sp³-hybridized carbons (Fsp3) is 0.352. The van der Waals surface area contributed by atoms with Gasteiger partial charge in [0.15, 0.2) is 27.8 Å². The first kappa shape index (κ1) is 104. The van der Waals surface area contributed by atoms with Crippen molar-refractivity contribution in [2.75, 3.05) is 94.1 Å². The van der Waals surface area contributed by atoms with Crippen molar-refractivity contribution in [1.29, 1.82) is 0 Å². The van der Waals surface area contributed by atoms with Crippen LogP contribution in [0.25, 0.3) is 111 Å². The number of rotatable bonds is 27. The van der Waals surface area contributed by atoms with Crippen LogP contribution in [0.3, 0.4) is 0 Å². The van der Waals surface area contributed by atoms with Gasteiger partial charge in [-0.15, -0.1) is 0 Å². The van der Waals surface area contributed by atoms with Crippen LogP contribution in [0.2, 0.25) is 0 Å². The van der Waals surface area contributed by atoms with E-state index in [1.165, 1.54) is 41.1 Å². The summed E-state index contributed by atoms with van der Waals surface area (Å²) in [5.41, 5.74) is 12.6. The Kier molecular flexibility index (Phi) is 31.4. The molecule has 37 heteroatoms. The topological polar surface area (TPSA) is 526 Å². The molecule has 2 unspecified atom stereocenters. The lowest BCUT2D eigenvalue weighted by atomic mass is 9.99. The highest BCUT2D eigenvalue weighted by Crippen LogP contribution is 2.43. The van der Waals surface area contributed by atoms with E-state index in [0.29, 0.717) is 100 Å². The number of pyridine rings is 5. The van der Waals surface area contributed by atoms with Gasteiger partial charge < -0.3 is 125 Å². The van der Waals surface area contributed by atoms with Crippen LogP contribution in [-0.2, 0) is 86.0 Å². The molecule has 0 saturated carbocycles. The minimum Gasteiger partial charge on any atom is -0.506 e. The molecular formula is C108H125N17O20. The Balaban J connectivity index is 0.000000136. The number of hydrogen-bond acceptors (Lipinski definition) is 22. The predicted molar refractivity (Wildman–Crippen MR) is 558 cm³/mol. The third kappa shape index (κ3) is 21.0. The third-order valence-corrected chi connectivity index (χ3v) is 28.3. The molecule has 0 amide bonds. The van der Waals surface area contributed by atoms with Crippen molar-refractivity contribution >= 4 is 84.4 Å². The smallest absolute Gasteiger partial charge is 0.345 e. The molecule has 18 N–H and O–H groups in total. The quantitative estimate of drug-likeness (QED) is 0.0213. The van der Waals surface area contributed by atoms with Gasteiger partial charge in [0.05, 0.1) is 34.5 Å². The van der Waals surface area contributed by atoms with E-state index < -0.39 is 114 Å². The van der Waals surface area contributed by atoms with E-state index in [2.05, 4.69) is 148 Å². The Morgan fingerprint density at radius 1 is 0.379 bits per heavy atom. The first-order valence-electron chi connectivity index (χ1n) is 48.7. The van der Waals surface area contributed by atoms with Gasteiger partial charge in [0, 0.05) is 210 Å². The molecule has 4 aliphatic heterocycles. The zero-order valence-corrected chi connectivity index (χ0v) is 83.5. The number of aromatic amines is 5. The molecule has 14 heterocycles. The molecule has 15 aromatic rings. The van der Waals surface area contributed by atoms with Crippen molar-refractivity contribution in [2.45, 2.75) is 137 Å². The normalized spacial score (nSPS) is 14.5. The number of aromatic nitrogens is 10. The highest BCUT2D eigenvalue weighted by molar-refractivity contribution is 5.98. The second kappa shape index (κ2) is 43.8. The molecule has 0 aliphatic carbocycles. The van der Waals surface area contributed by atoms with Crippen molar-refractivity contribution in [3.05, 3.63) is 257 Å². The first-order valence-corrected chi connectivity index (χ1v) is 48.7. The van der Waals surface area contributed by atoms with E-state index >= 15 is 0 Å². The fourth-order valence-corrected chi connectivity index (χ4v) is 20.7. The lowest BCUT2D eigenvalue weighted by Crippen LogP contribution is -2.28. The minimum atomic E-state index is -1.44. The van der Waals surface area contributed by atoms with E-state index in [9.17, 15) is 99.0 Å². The standard InChI is InChI=1S/C23H30N4O4.C23H25N3O4.C22H28N4O4.C21H23N3O4.C19H19N3O4/c1-6-17-20(24-22(29)19(21(17)28)23(30)31)14-7-8-18-15(11-14)12-16(27(18)5)13-26(4)10-9-25(2)3;1-2-15-20(24-22(28)19(21(15)27)23(29)30)13-5-6-16-14(11-13)12-18-17(7-10-26(16)18)25-8-3-4-9-25;1-5-16-19(24-21(28)18(20(16)27)22(29)30)13-6-7-17-14(10-13)11-15(26(17)4)12-23-8-9-25(2)3;1-3-14-18(23-20(26)17(19(14)25)21(27)28)11-4-5-15-13(8-11)9-16(24(15)2)12-6-7-22-10-12;1-2-13-16(21-18(24)15(17(13)23)19(25)26)10-3-4-14-11(7-10)8-12-9-20-5-6-22(12)14/h7-8,11-12H,6,9-10,13H2,1-5H3,(H,30,31)(H2,24,28,29);5-6,11-12,17H,2-4,7-10H2,1H3,(H,29,30)(H2,24,27,28);6-7,10-11,23H,5,8-9,12H2,1-4H3,(H,29,30)(H2,24,27,28);4-5,8-9,12,22H,3,6-7,10H2,1-2H3,(H,27,28)(H2,23,25,26);3-4,7-8,20H,2,5-6,9H2,1H3,(H,25,26)(H2,21,23,24). The zero-order valence-electron chi connectivity index (χ0n) is 83.5. The van der Waals surface area contributed by atoms with Gasteiger partial charge in [-0.3, -0.25) is 33.8 Å².